The van der Waals surface area contributed by atoms with E-state index >= 15 is 0 Å². The zero-order chi connectivity index (χ0) is 20.5. The van der Waals surface area contributed by atoms with Crippen LogP contribution in [0.15, 0.2) is 78.5 Å². The van der Waals surface area contributed by atoms with E-state index in [1.54, 1.807) is 18.2 Å². The van der Waals surface area contributed by atoms with Crippen molar-refractivity contribution in [2.45, 2.75) is 6.92 Å². The third-order valence-corrected chi connectivity index (χ3v) is 4.63. The summed E-state index contributed by atoms with van der Waals surface area (Å²) in [6, 6.07) is 18.1. The Morgan fingerprint density at radius 3 is 2.10 bits per heavy atom. The van der Waals surface area contributed by atoms with Gasteiger partial charge in [0.25, 0.3) is 11.8 Å². The van der Waals surface area contributed by atoms with Crippen molar-refractivity contribution in [3.8, 4) is 0 Å². The molecule has 4 rings (SSSR count). The summed E-state index contributed by atoms with van der Waals surface area (Å²) < 4.78 is 27.7. The Labute approximate surface area is 166 Å². The average Bonchev–Trinajstić information content (AvgIpc) is 2.95. The van der Waals surface area contributed by atoms with Gasteiger partial charge in [0, 0.05) is 5.69 Å². The molecule has 0 spiro atoms. The average molecular weight is 390 g/mol. The Bertz CT molecular complexity index is 1140. The lowest BCUT2D eigenvalue weighted by molar-refractivity contribution is -0.120. The maximum atomic E-state index is 14.3. The van der Waals surface area contributed by atoms with Gasteiger partial charge < -0.3 is 5.32 Å². The van der Waals surface area contributed by atoms with Crippen molar-refractivity contribution in [2.24, 2.45) is 0 Å². The third kappa shape index (κ3) is 3.40. The number of hydrogen-bond donors (Lipinski definition) is 1. The number of nitrogens with zero attached hydrogens (tertiary/aromatic N) is 1. The first-order valence-electron chi connectivity index (χ1n) is 8.93. The van der Waals surface area contributed by atoms with E-state index in [1.807, 2.05) is 19.1 Å². The van der Waals surface area contributed by atoms with E-state index in [2.05, 4.69) is 5.32 Å². The SMILES string of the molecule is Cc1ccc(NC2=C(c3ccc(F)cc3)C(=O)N(c3ccccc3F)C2=O)cc1. The molecule has 1 aliphatic rings. The van der Waals surface area contributed by atoms with Crippen LogP contribution < -0.4 is 10.2 Å². The minimum Gasteiger partial charge on any atom is -0.350 e. The van der Waals surface area contributed by atoms with Crippen LogP contribution in [0.3, 0.4) is 0 Å². The standard InChI is InChI=1S/C23H16F2N2O2/c1-14-6-12-17(13-7-14)26-21-20(15-8-10-16(24)11-9-15)22(28)27(23(21)29)19-5-3-2-4-18(19)25/h2-13,26H,1H3. The number of benzene rings is 3. The van der Waals surface area contributed by atoms with Gasteiger partial charge in [-0.2, -0.15) is 0 Å². The zero-order valence-corrected chi connectivity index (χ0v) is 15.4. The maximum Gasteiger partial charge on any atom is 0.282 e. The van der Waals surface area contributed by atoms with E-state index in [4.69, 9.17) is 0 Å². The molecular formula is C23H16F2N2O2. The molecule has 0 fully saturated rings. The lowest BCUT2D eigenvalue weighted by atomic mass is 10.0. The molecule has 1 N–H and O–H groups in total. The Morgan fingerprint density at radius 1 is 0.793 bits per heavy atom. The second-order valence-electron chi connectivity index (χ2n) is 6.65. The second kappa shape index (κ2) is 7.31. The summed E-state index contributed by atoms with van der Waals surface area (Å²) in [6.45, 7) is 1.93. The van der Waals surface area contributed by atoms with Crippen LogP contribution in [0.1, 0.15) is 11.1 Å². The van der Waals surface area contributed by atoms with Gasteiger partial charge in [-0.1, -0.05) is 42.0 Å². The van der Waals surface area contributed by atoms with Crippen LogP contribution in [-0.4, -0.2) is 11.8 Å². The molecule has 0 bridgehead atoms. The largest absolute Gasteiger partial charge is 0.350 e. The molecule has 6 heteroatoms. The van der Waals surface area contributed by atoms with Gasteiger partial charge in [-0.05, 0) is 48.9 Å². The predicted molar refractivity (Wildman–Crippen MR) is 107 cm³/mol. The summed E-state index contributed by atoms with van der Waals surface area (Å²) in [6.07, 6.45) is 0. The molecule has 2 amide bonds. The number of aryl methyl sites for hydroxylation is 1. The van der Waals surface area contributed by atoms with E-state index in [9.17, 15) is 18.4 Å². The first-order chi connectivity index (χ1) is 14.0. The topological polar surface area (TPSA) is 49.4 Å². The number of anilines is 2. The first kappa shape index (κ1) is 18.6. The van der Waals surface area contributed by atoms with Crippen LogP contribution >= 0.6 is 0 Å². The van der Waals surface area contributed by atoms with Gasteiger partial charge in [0.05, 0.1) is 11.3 Å². The quantitative estimate of drug-likeness (QED) is 0.659. The van der Waals surface area contributed by atoms with Crippen LogP contribution in [-0.2, 0) is 9.59 Å². The fraction of sp³-hybridized carbons (Fsp3) is 0.0435. The van der Waals surface area contributed by atoms with Gasteiger partial charge in [0.1, 0.15) is 17.3 Å². The monoisotopic (exact) mass is 390 g/mol. The first-order valence-corrected chi connectivity index (χ1v) is 8.93. The van der Waals surface area contributed by atoms with Gasteiger partial charge >= 0.3 is 0 Å². The lowest BCUT2D eigenvalue weighted by Crippen LogP contribution is -2.33. The summed E-state index contributed by atoms with van der Waals surface area (Å²) in [5.74, 6) is -2.52. The van der Waals surface area contributed by atoms with E-state index in [0.717, 1.165) is 10.5 Å². The third-order valence-electron chi connectivity index (χ3n) is 4.63. The Balaban J connectivity index is 1.83. The highest BCUT2D eigenvalue weighted by molar-refractivity contribution is 6.46. The highest BCUT2D eigenvalue weighted by Crippen LogP contribution is 2.34. The number of amides is 2. The summed E-state index contributed by atoms with van der Waals surface area (Å²) in [5, 5.41) is 2.98. The van der Waals surface area contributed by atoms with Gasteiger partial charge in [-0.3, -0.25) is 9.59 Å². The molecule has 3 aromatic rings. The summed E-state index contributed by atoms with van der Waals surface area (Å²) >= 11 is 0. The van der Waals surface area contributed by atoms with Crippen LogP contribution in [0.4, 0.5) is 20.2 Å². The van der Waals surface area contributed by atoms with Crippen LogP contribution in [0.25, 0.3) is 5.57 Å². The Morgan fingerprint density at radius 2 is 1.45 bits per heavy atom. The van der Waals surface area contributed by atoms with Crippen molar-refractivity contribution in [3.05, 3.63) is 101 Å². The minimum atomic E-state index is -0.691. The predicted octanol–water partition coefficient (Wildman–Crippen LogP) is 4.67. The number of nitrogens with one attached hydrogen (secondary N) is 1. The summed E-state index contributed by atoms with van der Waals surface area (Å²) in [5.41, 5.74) is 1.92. The minimum absolute atomic E-state index is 0.00807. The molecule has 1 heterocycles. The molecule has 1 aliphatic heterocycles. The van der Waals surface area contributed by atoms with Crippen molar-refractivity contribution in [2.75, 3.05) is 10.2 Å². The number of hydrogen-bond acceptors (Lipinski definition) is 3. The Hall–Kier alpha value is -3.80. The molecule has 4 nitrogen and oxygen atoms in total. The fourth-order valence-electron chi connectivity index (χ4n) is 3.16. The number of rotatable bonds is 4. The molecular weight excluding hydrogens is 374 g/mol. The van der Waals surface area contributed by atoms with Crippen LogP contribution in [0.2, 0.25) is 0 Å². The van der Waals surface area contributed by atoms with Crippen molar-refractivity contribution >= 4 is 28.8 Å². The zero-order valence-electron chi connectivity index (χ0n) is 15.4. The van der Waals surface area contributed by atoms with Gasteiger partial charge in [-0.25, -0.2) is 13.7 Å². The number of carbonyl (C=O) groups excluding carboxylic acids is 2. The molecule has 0 radical (unpaired) electrons. The summed E-state index contributed by atoms with van der Waals surface area (Å²) in [7, 11) is 0. The van der Waals surface area contributed by atoms with Gasteiger partial charge in [-0.15, -0.1) is 0 Å². The van der Waals surface area contributed by atoms with Crippen LogP contribution in [0.5, 0.6) is 0 Å². The van der Waals surface area contributed by atoms with Crippen molar-refractivity contribution in [1.82, 2.24) is 0 Å². The van der Waals surface area contributed by atoms with Crippen molar-refractivity contribution in [3.63, 3.8) is 0 Å². The molecule has 29 heavy (non-hydrogen) atoms. The molecule has 0 unspecified atom stereocenters. The lowest BCUT2D eigenvalue weighted by Gasteiger charge is -2.16. The van der Waals surface area contributed by atoms with E-state index in [1.165, 1.54) is 42.5 Å². The fourth-order valence-corrected chi connectivity index (χ4v) is 3.16. The molecule has 3 aromatic carbocycles. The van der Waals surface area contributed by atoms with Crippen molar-refractivity contribution in [1.29, 1.82) is 0 Å². The van der Waals surface area contributed by atoms with Crippen LogP contribution in [0, 0.1) is 18.6 Å². The smallest absolute Gasteiger partial charge is 0.282 e. The van der Waals surface area contributed by atoms with Crippen molar-refractivity contribution < 1.29 is 18.4 Å². The summed E-state index contributed by atoms with van der Waals surface area (Å²) in [4.78, 5) is 27.1. The van der Waals surface area contributed by atoms with E-state index in [-0.39, 0.29) is 17.0 Å². The molecule has 0 saturated carbocycles. The highest BCUT2D eigenvalue weighted by Gasteiger charge is 2.41. The normalized spacial score (nSPS) is 14.0. The number of halogens is 2. The maximum absolute atomic E-state index is 14.3. The molecule has 0 saturated heterocycles. The molecule has 0 aliphatic carbocycles. The second-order valence-corrected chi connectivity index (χ2v) is 6.65. The number of imide groups is 1. The number of carbonyl (C=O) groups is 2. The van der Waals surface area contributed by atoms with Gasteiger partial charge in [0.2, 0.25) is 0 Å². The van der Waals surface area contributed by atoms with E-state index < -0.39 is 23.4 Å². The van der Waals surface area contributed by atoms with Gasteiger partial charge in [0.15, 0.2) is 0 Å². The number of para-hydroxylation sites is 1. The molecule has 0 atom stereocenters. The highest BCUT2D eigenvalue weighted by atomic mass is 19.1. The van der Waals surface area contributed by atoms with E-state index in [0.29, 0.717) is 11.3 Å². The molecule has 144 valence electrons. The molecule has 0 aromatic heterocycles. The Kier molecular flexibility index (Phi) is 4.68.